The highest BCUT2D eigenvalue weighted by Gasteiger charge is 2.45. The standard InChI is InChI=1S/C25H32N2O5/c1-29-22-8-9-23(30-2)21(16-22)17-26-12-10-25(11-13-26)19-31-15-14-27(25)24(28)32-18-20-6-4-3-5-7-20/h3-9,16H,10-15,17-19H2,1-2H3. The number of benzene rings is 2. The average Bonchev–Trinajstić information content (AvgIpc) is 2.85. The molecule has 0 aliphatic carbocycles. The van der Waals surface area contributed by atoms with Gasteiger partial charge >= 0.3 is 6.09 Å². The van der Waals surface area contributed by atoms with Crippen molar-refractivity contribution < 1.29 is 23.7 Å². The second kappa shape index (κ2) is 10.2. The molecule has 2 heterocycles. The lowest BCUT2D eigenvalue weighted by Gasteiger charge is -2.50. The van der Waals surface area contributed by atoms with Crippen LogP contribution >= 0.6 is 0 Å². The Hall–Kier alpha value is -2.77. The van der Waals surface area contributed by atoms with Crippen LogP contribution in [0.4, 0.5) is 4.79 Å². The summed E-state index contributed by atoms with van der Waals surface area (Å²) in [6.45, 7) is 4.47. The van der Waals surface area contributed by atoms with Gasteiger partial charge in [0.1, 0.15) is 18.1 Å². The van der Waals surface area contributed by atoms with Crippen LogP contribution in [0.1, 0.15) is 24.0 Å². The Morgan fingerprint density at radius 1 is 1.03 bits per heavy atom. The molecule has 2 aromatic carbocycles. The maximum Gasteiger partial charge on any atom is 0.410 e. The third-order valence-corrected chi connectivity index (χ3v) is 6.50. The number of carbonyl (C=O) groups is 1. The molecule has 2 aliphatic rings. The predicted octanol–water partition coefficient (Wildman–Crippen LogP) is 3.71. The maximum absolute atomic E-state index is 13.0. The van der Waals surface area contributed by atoms with Crippen LogP contribution in [0.5, 0.6) is 11.5 Å². The Morgan fingerprint density at radius 3 is 2.53 bits per heavy atom. The molecule has 0 unspecified atom stereocenters. The molecule has 2 aromatic rings. The summed E-state index contributed by atoms with van der Waals surface area (Å²) in [5, 5.41) is 0. The van der Waals surface area contributed by atoms with Gasteiger partial charge in [0, 0.05) is 31.7 Å². The molecule has 0 bridgehead atoms. The van der Waals surface area contributed by atoms with Crippen molar-refractivity contribution in [2.24, 2.45) is 0 Å². The number of methoxy groups -OCH3 is 2. The van der Waals surface area contributed by atoms with Crippen LogP contribution < -0.4 is 9.47 Å². The fraction of sp³-hybridized carbons (Fsp3) is 0.480. The number of hydrogen-bond acceptors (Lipinski definition) is 6. The van der Waals surface area contributed by atoms with Crippen molar-refractivity contribution in [3.05, 3.63) is 59.7 Å². The van der Waals surface area contributed by atoms with E-state index in [4.69, 9.17) is 18.9 Å². The van der Waals surface area contributed by atoms with Crippen molar-refractivity contribution in [3.63, 3.8) is 0 Å². The third kappa shape index (κ3) is 5.00. The van der Waals surface area contributed by atoms with Gasteiger partial charge in [-0.2, -0.15) is 0 Å². The topological polar surface area (TPSA) is 60.5 Å². The SMILES string of the molecule is COc1ccc(OC)c(CN2CCC3(CC2)COCCN3C(=O)OCc2ccccc2)c1. The molecule has 2 aliphatic heterocycles. The van der Waals surface area contributed by atoms with E-state index in [2.05, 4.69) is 4.90 Å². The third-order valence-electron chi connectivity index (χ3n) is 6.50. The molecule has 0 radical (unpaired) electrons. The zero-order chi connectivity index (χ0) is 22.4. The van der Waals surface area contributed by atoms with E-state index in [0.717, 1.165) is 55.1 Å². The summed E-state index contributed by atoms with van der Waals surface area (Å²) in [6.07, 6.45) is 1.44. The summed E-state index contributed by atoms with van der Waals surface area (Å²) in [4.78, 5) is 17.3. The fourth-order valence-electron chi connectivity index (χ4n) is 4.60. The Kier molecular flexibility index (Phi) is 7.17. The van der Waals surface area contributed by atoms with Gasteiger partial charge in [0.05, 0.1) is 33.0 Å². The van der Waals surface area contributed by atoms with Crippen molar-refractivity contribution in [1.82, 2.24) is 9.80 Å². The van der Waals surface area contributed by atoms with Crippen molar-refractivity contribution in [1.29, 1.82) is 0 Å². The molecule has 0 saturated carbocycles. The van der Waals surface area contributed by atoms with Crippen molar-refractivity contribution >= 4 is 6.09 Å². The van der Waals surface area contributed by atoms with Gasteiger partial charge in [0.25, 0.3) is 0 Å². The van der Waals surface area contributed by atoms with Gasteiger partial charge in [-0.3, -0.25) is 9.80 Å². The molecule has 7 nitrogen and oxygen atoms in total. The van der Waals surface area contributed by atoms with E-state index in [1.807, 2.05) is 53.4 Å². The number of morpholine rings is 1. The van der Waals surface area contributed by atoms with Crippen LogP contribution in [0.25, 0.3) is 0 Å². The van der Waals surface area contributed by atoms with Crippen LogP contribution in [-0.4, -0.2) is 68.5 Å². The lowest BCUT2D eigenvalue weighted by molar-refractivity contribution is -0.0872. The number of nitrogens with zero attached hydrogens (tertiary/aromatic N) is 2. The van der Waals surface area contributed by atoms with Gasteiger partial charge in [0.15, 0.2) is 0 Å². The van der Waals surface area contributed by atoms with Crippen LogP contribution in [0.3, 0.4) is 0 Å². The van der Waals surface area contributed by atoms with E-state index < -0.39 is 0 Å². The van der Waals surface area contributed by atoms with Crippen molar-refractivity contribution in [2.45, 2.75) is 31.5 Å². The second-order valence-electron chi connectivity index (χ2n) is 8.42. The van der Waals surface area contributed by atoms with E-state index in [-0.39, 0.29) is 18.2 Å². The molecule has 172 valence electrons. The molecule has 2 fully saturated rings. The van der Waals surface area contributed by atoms with Gasteiger partial charge in [0.2, 0.25) is 0 Å². The first-order valence-corrected chi connectivity index (χ1v) is 11.1. The second-order valence-corrected chi connectivity index (χ2v) is 8.42. The Labute approximate surface area is 189 Å². The minimum absolute atomic E-state index is 0.250. The van der Waals surface area contributed by atoms with E-state index in [1.54, 1.807) is 14.2 Å². The number of piperidine rings is 1. The smallest absolute Gasteiger partial charge is 0.410 e. The molecule has 4 rings (SSSR count). The minimum Gasteiger partial charge on any atom is -0.497 e. The number of carbonyl (C=O) groups excluding carboxylic acids is 1. The monoisotopic (exact) mass is 440 g/mol. The van der Waals surface area contributed by atoms with E-state index in [1.165, 1.54) is 0 Å². The van der Waals surface area contributed by atoms with Gasteiger partial charge in [-0.1, -0.05) is 30.3 Å². The quantitative estimate of drug-likeness (QED) is 0.683. The van der Waals surface area contributed by atoms with E-state index >= 15 is 0 Å². The van der Waals surface area contributed by atoms with Crippen molar-refractivity contribution in [3.8, 4) is 11.5 Å². The molecule has 0 N–H and O–H groups in total. The summed E-state index contributed by atoms with van der Waals surface area (Å²) in [7, 11) is 3.36. The Morgan fingerprint density at radius 2 is 1.81 bits per heavy atom. The summed E-state index contributed by atoms with van der Waals surface area (Å²) < 4.78 is 22.4. The lowest BCUT2D eigenvalue weighted by atomic mass is 9.85. The summed E-state index contributed by atoms with van der Waals surface area (Å²) in [5.74, 6) is 1.68. The molecule has 7 heteroatoms. The summed E-state index contributed by atoms with van der Waals surface area (Å²) in [5.41, 5.74) is 1.79. The highest BCUT2D eigenvalue weighted by molar-refractivity contribution is 5.69. The fourth-order valence-corrected chi connectivity index (χ4v) is 4.60. The van der Waals surface area contributed by atoms with E-state index in [0.29, 0.717) is 19.8 Å². The number of likely N-dealkylation sites (tertiary alicyclic amines) is 1. The predicted molar refractivity (Wildman–Crippen MR) is 121 cm³/mol. The van der Waals surface area contributed by atoms with Gasteiger partial charge in [-0.15, -0.1) is 0 Å². The van der Waals surface area contributed by atoms with Crippen molar-refractivity contribution in [2.75, 3.05) is 47.1 Å². The van der Waals surface area contributed by atoms with Gasteiger partial charge < -0.3 is 18.9 Å². The van der Waals surface area contributed by atoms with Gasteiger partial charge in [-0.05, 0) is 36.6 Å². The normalized spacial score (nSPS) is 18.4. The summed E-state index contributed by atoms with van der Waals surface area (Å²) in [6, 6.07) is 15.7. The number of ether oxygens (including phenoxy) is 4. The van der Waals surface area contributed by atoms with Gasteiger partial charge in [-0.25, -0.2) is 4.79 Å². The Bertz CT molecular complexity index is 896. The highest BCUT2D eigenvalue weighted by atomic mass is 16.6. The molecule has 2 saturated heterocycles. The summed E-state index contributed by atoms with van der Waals surface area (Å²) >= 11 is 0. The molecular weight excluding hydrogens is 408 g/mol. The maximum atomic E-state index is 13.0. The number of amides is 1. The first-order valence-electron chi connectivity index (χ1n) is 11.1. The molecule has 1 amide bonds. The molecule has 0 atom stereocenters. The van der Waals surface area contributed by atoms with Crippen LogP contribution in [0.15, 0.2) is 48.5 Å². The molecule has 32 heavy (non-hydrogen) atoms. The number of hydrogen-bond donors (Lipinski definition) is 0. The highest BCUT2D eigenvalue weighted by Crippen LogP contribution is 2.34. The first-order chi connectivity index (χ1) is 15.6. The lowest BCUT2D eigenvalue weighted by Crippen LogP contribution is -2.63. The molecular formula is C25H32N2O5. The Balaban J connectivity index is 1.38. The van der Waals surface area contributed by atoms with E-state index in [9.17, 15) is 4.79 Å². The molecule has 0 aromatic heterocycles. The van der Waals surface area contributed by atoms with Crippen LogP contribution in [0, 0.1) is 0 Å². The average molecular weight is 441 g/mol. The first kappa shape index (κ1) is 22.4. The minimum atomic E-state index is -0.305. The zero-order valence-corrected chi connectivity index (χ0v) is 18.9. The van der Waals surface area contributed by atoms with Crippen LogP contribution in [-0.2, 0) is 22.6 Å². The van der Waals surface area contributed by atoms with Crippen LogP contribution in [0.2, 0.25) is 0 Å². The zero-order valence-electron chi connectivity index (χ0n) is 18.9. The largest absolute Gasteiger partial charge is 0.497 e. The number of rotatable bonds is 6. The molecule has 1 spiro atoms.